The zero-order valence-corrected chi connectivity index (χ0v) is 13.1. The largest absolute Gasteiger partial charge is 0.497 e. The summed E-state index contributed by atoms with van der Waals surface area (Å²) in [5, 5.41) is 2.83. The molecular formula is C16H26N2O3. The summed E-state index contributed by atoms with van der Waals surface area (Å²) in [5.41, 5.74) is 5.80. The van der Waals surface area contributed by atoms with Crippen LogP contribution in [-0.4, -0.2) is 32.2 Å². The minimum Gasteiger partial charge on any atom is -0.497 e. The molecule has 0 saturated carbocycles. The van der Waals surface area contributed by atoms with Crippen molar-refractivity contribution < 1.29 is 14.3 Å². The van der Waals surface area contributed by atoms with E-state index in [1.807, 2.05) is 24.3 Å². The second kappa shape index (κ2) is 9.23. The van der Waals surface area contributed by atoms with Crippen LogP contribution in [0.25, 0.3) is 0 Å². The molecule has 118 valence electrons. The molecule has 0 aromatic heterocycles. The summed E-state index contributed by atoms with van der Waals surface area (Å²) < 4.78 is 10.6. The van der Waals surface area contributed by atoms with Crippen molar-refractivity contribution in [3.63, 3.8) is 0 Å². The van der Waals surface area contributed by atoms with E-state index in [4.69, 9.17) is 15.2 Å². The maximum Gasteiger partial charge on any atom is 0.236 e. The van der Waals surface area contributed by atoms with Crippen LogP contribution in [0.5, 0.6) is 11.5 Å². The van der Waals surface area contributed by atoms with Crippen molar-refractivity contribution in [3.8, 4) is 11.5 Å². The first kappa shape index (κ1) is 17.3. The monoisotopic (exact) mass is 294 g/mol. The van der Waals surface area contributed by atoms with Crippen LogP contribution in [0.4, 0.5) is 0 Å². The summed E-state index contributed by atoms with van der Waals surface area (Å²) in [6.45, 7) is 5.22. The van der Waals surface area contributed by atoms with E-state index < -0.39 is 6.04 Å². The lowest BCUT2D eigenvalue weighted by Gasteiger charge is -2.14. The van der Waals surface area contributed by atoms with E-state index in [-0.39, 0.29) is 5.91 Å². The Morgan fingerprint density at radius 1 is 1.24 bits per heavy atom. The first-order valence-electron chi connectivity index (χ1n) is 7.33. The number of ether oxygens (including phenoxy) is 2. The van der Waals surface area contributed by atoms with Gasteiger partial charge in [0.1, 0.15) is 11.5 Å². The number of hydrogen-bond acceptors (Lipinski definition) is 4. The van der Waals surface area contributed by atoms with Gasteiger partial charge in [0.05, 0.1) is 19.8 Å². The van der Waals surface area contributed by atoms with Crippen molar-refractivity contribution in [1.82, 2.24) is 5.32 Å². The Labute approximate surface area is 126 Å². The zero-order chi connectivity index (χ0) is 15.7. The smallest absolute Gasteiger partial charge is 0.236 e. The number of nitrogens with two attached hydrogens (primary N) is 1. The summed E-state index contributed by atoms with van der Waals surface area (Å²) in [6.07, 6.45) is 1.44. The molecule has 0 aliphatic rings. The molecule has 0 fully saturated rings. The molecule has 0 aliphatic heterocycles. The van der Waals surface area contributed by atoms with Crippen LogP contribution in [0.3, 0.4) is 0 Å². The number of nitrogens with one attached hydrogen (secondary N) is 1. The van der Waals surface area contributed by atoms with Crippen molar-refractivity contribution in [2.24, 2.45) is 11.7 Å². The summed E-state index contributed by atoms with van der Waals surface area (Å²) in [6, 6.07) is 6.99. The highest BCUT2D eigenvalue weighted by atomic mass is 16.5. The van der Waals surface area contributed by atoms with Crippen LogP contribution in [0, 0.1) is 5.92 Å². The van der Waals surface area contributed by atoms with Gasteiger partial charge < -0.3 is 20.5 Å². The third-order valence-corrected chi connectivity index (χ3v) is 3.01. The maximum absolute atomic E-state index is 11.7. The number of amides is 1. The van der Waals surface area contributed by atoms with Crippen molar-refractivity contribution in [2.75, 3.05) is 20.3 Å². The van der Waals surface area contributed by atoms with E-state index in [0.29, 0.717) is 25.5 Å². The van der Waals surface area contributed by atoms with Crippen LogP contribution in [0.1, 0.15) is 26.7 Å². The van der Waals surface area contributed by atoms with Gasteiger partial charge in [-0.05, 0) is 43.0 Å². The minimum atomic E-state index is -0.424. The summed E-state index contributed by atoms with van der Waals surface area (Å²) in [7, 11) is 1.63. The summed E-state index contributed by atoms with van der Waals surface area (Å²) in [5.74, 6) is 1.92. The molecule has 0 unspecified atom stereocenters. The van der Waals surface area contributed by atoms with E-state index in [2.05, 4.69) is 19.2 Å². The Bertz CT molecular complexity index is 418. The van der Waals surface area contributed by atoms with Gasteiger partial charge >= 0.3 is 0 Å². The quantitative estimate of drug-likeness (QED) is 0.683. The molecule has 0 bridgehead atoms. The van der Waals surface area contributed by atoms with Gasteiger partial charge in [0.25, 0.3) is 0 Å². The number of methoxy groups -OCH3 is 1. The fraction of sp³-hybridized carbons (Fsp3) is 0.562. The molecule has 0 radical (unpaired) electrons. The number of rotatable bonds is 9. The average molecular weight is 294 g/mol. The molecular weight excluding hydrogens is 268 g/mol. The van der Waals surface area contributed by atoms with Gasteiger partial charge in [-0.1, -0.05) is 13.8 Å². The number of carbonyl (C=O) groups is 1. The van der Waals surface area contributed by atoms with Crippen molar-refractivity contribution in [2.45, 2.75) is 32.7 Å². The maximum atomic E-state index is 11.7. The summed E-state index contributed by atoms with van der Waals surface area (Å²) >= 11 is 0. The minimum absolute atomic E-state index is 0.0897. The Balaban J connectivity index is 2.15. The van der Waals surface area contributed by atoms with Gasteiger partial charge in [-0.25, -0.2) is 0 Å². The predicted molar refractivity (Wildman–Crippen MR) is 83.5 cm³/mol. The predicted octanol–water partition coefficient (Wildman–Crippen LogP) is 1.95. The molecule has 0 saturated heterocycles. The molecule has 1 amide bonds. The zero-order valence-electron chi connectivity index (χ0n) is 13.1. The van der Waals surface area contributed by atoms with Crippen LogP contribution in [0.2, 0.25) is 0 Å². The second-order valence-corrected chi connectivity index (χ2v) is 5.40. The van der Waals surface area contributed by atoms with Gasteiger partial charge in [-0.15, -0.1) is 0 Å². The van der Waals surface area contributed by atoms with Crippen LogP contribution in [-0.2, 0) is 4.79 Å². The van der Waals surface area contributed by atoms with Crippen molar-refractivity contribution >= 4 is 5.91 Å². The first-order chi connectivity index (χ1) is 10.0. The molecule has 0 aliphatic carbocycles. The SMILES string of the molecule is COc1ccc(OCCCNC(=O)[C@@H](N)CC(C)C)cc1. The highest BCUT2D eigenvalue weighted by molar-refractivity contribution is 5.81. The fourth-order valence-corrected chi connectivity index (χ4v) is 1.89. The molecule has 1 aromatic carbocycles. The standard InChI is InChI=1S/C16H26N2O3/c1-12(2)11-15(17)16(19)18-9-4-10-21-14-7-5-13(20-3)6-8-14/h5-8,12,15H,4,9-11,17H2,1-3H3,(H,18,19)/t15-/m0/s1. The molecule has 5 nitrogen and oxygen atoms in total. The lowest BCUT2D eigenvalue weighted by Crippen LogP contribution is -2.41. The molecule has 1 rings (SSSR count). The molecule has 1 atom stereocenters. The average Bonchev–Trinajstić information content (AvgIpc) is 2.46. The molecule has 5 heteroatoms. The highest BCUT2D eigenvalue weighted by Crippen LogP contribution is 2.16. The summed E-state index contributed by atoms with van der Waals surface area (Å²) in [4.78, 5) is 11.7. The van der Waals surface area contributed by atoms with Gasteiger partial charge in [-0.3, -0.25) is 4.79 Å². The number of benzene rings is 1. The van der Waals surface area contributed by atoms with E-state index in [9.17, 15) is 4.79 Å². The second-order valence-electron chi connectivity index (χ2n) is 5.40. The molecule has 21 heavy (non-hydrogen) atoms. The van der Waals surface area contributed by atoms with E-state index >= 15 is 0 Å². The lowest BCUT2D eigenvalue weighted by atomic mass is 10.0. The Kier molecular flexibility index (Phi) is 7.61. The van der Waals surface area contributed by atoms with Gasteiger partial charge in [0.15, 0.2) is 0 Å². The van der Waals surface area contributed by atoms with Gasteiger partial charge in [0, 0.05) is 6.54 Å². The third kappa shape index (κ3) is 6.99. The topological polar surface area (TPSA) is 73.6 Å². The number of carbonyl (C=O) groups excluding carboxylic acids is 1. The number of hydrogen-bond donors (Lipinski definition) is 2. The Hall–Kier alpha value is -1.75. The lowest BCUT2D eigenvalue weighted by molar-refractivity contribution is -0.122. The first-order valence-corrected chi connectivity index (χ1v) is 7.33. The molecule has 0 heterocycles. The molecule has 0 spiro atoms. The third-order valence-electron chi connectivity index (χ3n) is 3.01. The van der Waals surface area contributed by atoms with Crippen LogP contribution in [0.15, 0.2) is 24.3 Å². The Morgan fingerprint density at radius 3 is 2.43 bits per heavy atom. The highest BCUT2D eigenvalue weighted by Gasteiger charge is 2.13. The van der Waals surface area contributed by atoms with Crippen LogP contribution >= 0.6 is 0 Å². The molecule has 1 aromatic rings. The fourth-order valence-electron chi connectivity index (χ4n) is 1.89. The van der Waals surface area contributed by atoms with Crippen LogP contribution < -0.4 is 20.5 Å². The van der Waals surface area contributed by atoms with Crippen molar-refractivity contribution in [3.05, 3.63) is 24.3 Å². The van der Waals surface area contributed by atoms with Gasteiger partial charge in [-0.2, -0.15) is 0 Å². The van der Waals surface area contributed by atoms with E-state index in [0.717, 1.165) is 17.9 Å². The molecule has 3 N–H and O–H groups in total. The van der Waals surface area contributed by atoms with Gasteiger partial charge in [0.2, 0.25) is 5.91 Å². The normalized spacial score (nSPS) is 12.0. The Morgan fingerprint density at radius 2 is 1.86 bits per heavy atom. The van der Waals surface area contributed by atoms with E-state index in [1.54, 1.807) is 7.11 Å². The van der Waals surface area contributed by atoms with Crippen molar-refractivity contribution in [1.29, 1.82) is 0 Å². The van der Waals surface area contributed by atoms with E-state index in [1.165, 1.54) is 0 Å².